The molecule has 3 atom stereocenters. The number of rotatable bonds is 79. The van der Waals surface area contributed by atoms with Gasteiger partial charge in [0.05, 0.1) is 0 Å². The van der Waals surface area contributed by atoms with Gasteiger partial charge in [0.1, 0.15) is 6.61 Å². The molecule has 0 amide bonds. The van der Waals surface area contributed by atoms with Gasteiger partial charge >= 0.3 is 53.2 Å². The van der Waals surface area contributed by atoms with Crippen molar-refractivity contribution in [1.29, 1.82) is 0 Å². The molecule has 15 heteroatoms. The summed E-state index contributed by atoms with van der Waals surface area (Å²) < 4.78 is 28.0. The molecule has 0 fully saturated rings. The van der Waals surface area contributed by atoms with Crippen LogP contribution in [0.3, 0.4) is 0 Å². The summed E-state index contributed by atoms with van der Waals surface area (Å²) in [5, 5.41) is 63.5. The number of aliphatic hydroxyl groups is 5. The minimum absolute atomic E-state index is 0.179. The van der Waals surface area contributed by atoms with Crippen molar-refractivity contribution in [3.63, 3.8) is 0 Å². The molecule has 0 aliphatic heterocycles. The van der Waals surface area contributed by atoms with Crippen molar-refractivity contribution in [3.8, 4) is 0 Å². The van der Waals surface area contributed by atoms with Gasteiger partial charge in [0.2, 0.25) is 0 Å². The Bertz CT molecular complexity index is 1820. The zero-order chi connectivity index (χ0) is 73.6. The molecule has 0 aliphatic carbocycles. The van der Waals surface area contributed by atoms with E-state index < -0.39 is 85.5 Å². The van der Waals surface area contributed by atoms with E-state index in [9.17, 15) is 49.5 Å². The predicted octanol–water partition coefficient (Wildman–Crippen LogP) is 23.8. The summed E-state index contributed by atoms with van der Waals surface area (Å²) >= 11 is 0. The van der Waals surface area contributed by atoms with Gasteiger partial charge in [-0.05, 0) is 32.1 Å². The Labute approximate surface area is 614 Å². The van der Waals surface area contributed by atoms with Gasteiger partial charge in [0, 0.05) is 32.1 Å². The first kappa shape index (κ1) is 97.2. The Kier molecular flexibility index (Phi) is 67.2. The quantitative estimate of drug-likeness (QED) is 0.0165. The number of aliphatic hydroxyl groups excluding tert-OH is 1. The summed E-state index contributed by atoms with van der Waals surface area (Å²) in [6.07, 6.45) is 63.9. The molecule has 0 saturated carbocycles. The highest BCUT2D eigenvalue weighted by atomic mass is 16.9. The smallest absolute Gasteiger partial charge is 0.423 e. The molecule has 0 aliphatic rings. The first-order valence-corrected chi connectivity index (χ1v) is 43.2. The van der Waals surface area contributed by atoms with E-state index in [1.165, 1.54) is 199 Å². The van der Waals surface area contributed by atoms with E-state index in [0.717, 1.165) is 154 Å². The highest BCUT2D eigenvalue weighted by Crippen LogP contribution is 2.46. The van der Waals surface area contributed by atoms with Crippen LogP contribution in [0.4, 0.5) is 0 Å². The Balaban J connectivity index is 7.18. The molecule has 0 rings (SSSR count). The molecule has 0 bridgehead atoms. The third kappa shape index (κ3) is 52.2. The predicted molar refractivity (Wildman–Crippen MR) is 409 cm³/mol. The van der Waals surface area contributed by atoms with Gasteiger partial charge < -0.3 is 49.2 Å². The van der Waals surface area contributed by atoms with E-state index in [-0.39, 0.29) is 38.5 Å². The molecule has 0 heterocycles. The second-order valence-electron chi connectivity index (χ2n) is 30.1. The maximum Gasteiger partial charge on any atom is 0.451 e. The molecule has 592 valence electrons. The lowest BCUT2D eigenvalue weighted by atomic mass is 9.92. The van der Waals surface area contributed by atoms with Crippen LogP contribution in [0.2, 0.25) is 0 Å². The van der Waals surface area contributed by atoms with Crippen LogP contribution in [0.15, 0.2) is 0 Å². The second-order valence-corrected chi connectivity index (χ2v) is 30.1. The molecule has 15 nitrogen and oxygen atoms in total. The van der Waals surface area contributed by atoms with Gasteiger partial charge in [-0.1, -0.05) is 420 Å². The number of carbonyl (C=O) groups is 5. The summed E-state index contributed by atoms with van der Waals surface area (Å²) in [7, 11) is 0. The van der Waals surface area contributed by atoms with E-state index in [1.54, 1.807) is 0 Å². The van der Waals surface area contributed by atoms with Gasteiger partial charge in [-0.25, -0.2) is 0 Å². The fourth-order valence-corrected chi connectivity index (χ4v) is 13.6. The van der Waals surface area contributed by atoms with Gasteiger partial charge in [0.15, 0.2) is 0 Å². The van der Waals surface area contributed by atoms with Crippen molar-refractivity contribution in [2.45, 2.75) is 507 Å². The largest absolute Gasteiger partial charge is 0.451 e. The number of ether oxygens (including phenoxy) is 5. The van der Waals surface area contributed by atoms with Crippen molar-refractivity contribution in [2.75, 3.05) is 6.61 Å². The Morgan fingerprint density at radius 1 is 0.200 bits per heavy atom. The van der Waals surface area contributed by atoms with E-state index >= 15 is 0 Å². The molecule has 0 aromatic rings. The first-order chi connectivity index (χ1) is 48.6. The summed E-state index contributed by atoms with van der Waals surface area (Å²) in [6.45, 7) is 9.25. The molecular weight excluding hydrogens is 1260 g/mol. The normalized spacial score (nSPS) is 13.6. The van der Waals surface area contributed by atoms with Gasteiger partial charge in [-0.2, -0.15) is 0 Å². The second kappa shape index (κ2) is 69.2. The first-order valence-electron chi connectivity index (χ1n) is 43.2. The average Bonchev–Trinajstić information content (AvgIpc) is 0.711. The molecular formula is C85H162O15. The standard InChI is InChI=1S/C85H162O15/c1-6-11-16-21-26-31-36-41-46-51-56-61-66-71-77(87)96-82(92,76-86)83(93,97-78(88)72-67-62-57-52-47-42-37-32-27-22-17-12-7-2)84(94,98-79(89)73-68-63-58-53-48-43-38-33-28-23-18-13-8-3)85(95,99-80(90)74-69-64-59-54-49-44-39-34-29-24-19-14-9-4)100-81(91)75-70-65-60-55-50-45-40-35-30-25-20-15-10-5/h86,92-95H,6-76H2,1-5H3/t82-,83?,84-/m0/s1. The van der Waals surface area contributed by atoms with E-state index in [2.05, 4.69) is 34.6 Å². The molecule has 0 saturated heterocycles. The van der Waals surface area contributed by atoms with Gasteiger partial charge in [-0.15, -0.1) is 0 Å². The molecule has 0 aromatic heterocycles. The van der Waals surface area contributed by atoms with Crippen LogP contribution in [-0.2, 0) is 47.7 Å². The highest BCUT2D eigenvalue weighted by molar-refractivity contribution is 5.74. The lowest BCUT2D eigenvalue weighted by Crippen LogP contribution is -2.81. The Morgan fingerprint density at radius 3 is 0.510 bits per heavy atom. The van der Waals surface area contributed by atoms with E-state index in [0.29, 0.717) is 32.1 Å². The summed E-state index contributed by atoms with van der Waals surface area (Å²) in [4.78, 5) is 71.3. The summed E-state index contributed by atoms with van der Waals surface area (Å²) in [5.74, 6) is -23.7. The lowest BCUT2D eigenvalue weighted by molar-refractivity contribution is -0.537. The van der Waals surface area contributed by atoms with E-state index in [1.807, 2.05) is 0 Å². The molecule has 0 radical (unpaired) electrons. The van der Waals surface area contributed by atoms with Crippen molar-refractivity contribution >= 4 is 29.8 Å². The van der Waals surface area contributed by atoms with Crippen LogP contribution in [0.5, 0.6) is 0 Å². The third-order valence-corrected chi connectivity index (χ3v) is 20.4. The zero-order valence-electron chi connectivity index (χ0n) is 66.0. The van der Waals surface area contributed by atoms with Crippen LogP contribution in [0.25, 0.3) is 0 Å². The van der Waals surface area contributed by atoms with Gasteiger partial charge in [0.25, 0.3) is 0 Å². The number of esters is 5. The van der Waals surface area contributed by atoms with Gasteiger partial charge in [-0.3, -0.25) is 24.0 Å². The van der Waals surface area contributed by atoms with Crippen LogP contribution < -0.4 is 0 Å². The minimum atomic E-state index is -4.52. The number of unbranched alkanes of at least 4 members (excludes halogenated alkanes) is 60. The SMILES string of the molecule is CCCCCCCCCCCCCCCC(=O)OC(O)(OC(=O)CCCCCCCCCCCCCCC)[C@@](O)(OC(=O)CCCCCCCCCCCCCCC)C(O)(OC(=O)CCCCCCCCCCCCCCC)[C@](O)(CO)OC(=O)CCCCCCCCCCCCCCC. The highest BCUT2D eigenvalue weighted by Gasteiger charge is 2.82. The molecule has 0 aromatic carbocycles. The third-order valence-electron chi connectivity index (χ3n) is 20.4. The summed E-state index contributed by atoms with van der Waals surface area (Å²) in [6, 6.07) is 0. The van der Waals surface area contributed by atoms with Crippen LogP contribution in [0, 0.1) is 0 Å². The molecule has 1 unspecified atom stereocenters. The number of hydrogen-bond acceptors (Lipinski definition) is 15. The van der Waals surface area contributed by atoms with Crippen molar-refractivity contribution in [2.24, 2.45) is 0 Å². The summed E-state index contributed by atoms with van der Waals surface area (Å²) in [5.41, 5.74) is 0. The zero-order valence-corrected chi connectivity index (χ0v) is 66.0. The molecule has 100 heavy (non-hydrogen) atoms. The molecule has 5 N–H and O–H groups in total. The number of hydrogen-bond donors (Lipinski definition) is 5. The Hall–Kier alpha value is -2.85. The van der Waals surface area contributed by atoms with Crippen LogP contribution in [-0.4, -0.2) is 85.3 Å². The number of carbonyl (C=O) groups excluding carboxylic acids is 5. The fraction of sp³-hybridized carbons (Fsp3) is 0.941. The van der Waals surface area contributed by atoms with Crippen molar-refractivity contribution in [3.05, 3.63) is 0 Å². The Morgan fingerprint density at radius 2 is 0.340 bits per heavy atom. The monoisotopic (exact) mass is 1420 g/mol. The minimum Gasteiger partial charge on any atom is -0.423 e. The topological polar surface area (TPSA) is 233 Å². The van der Waals surface area contributed by atoms with Crippen molar-refractivity contribution in [1.82, 2.24) is 0 Å². The van der Waals surface area contributed by atoms with Crippen LogP contribution in [0.1, 0.15) is 484 Å². The maximum absolute atomic E-state index is 14.4. The van der Waals surface area contributed by atoms with Crippen LogP contribution >= 0.6 is 0 Å². The van der Waals surface area contributed by atoms with E-state index in [4.69, 9.17) is 23.7 Å². The van der Waals surface area contributed by atoms with Crippen molar-refractivity contribution < 1.29 is 73.2 Å². The fourth-order valence-electron chi connectivity index (χ4n) is 13.6. The maximum atomic E-state index is 14.4. The lowest BCUT2D eigenvalue weighted by Gasteiger charge is -2.50. The molecule has 0 spiro atoms. The average molecular weight is 1420 g/mol.